The van der Waals surface area contributed by atoms with Gasteiger partial charge in [0.15, 0.2) is 6.10 Å². The van der Waals surface area contributed by atoms with Gasteiger partial charge in [0.2, 0.25) is 5.91 Å². The number of amides is 1. The van der Waals surface area contributed by atoms with Crippen molar-refractivity contribution in [2.24, 2.45) is 5.73 Å². The van der Waals surface area contributed by atoms with Crippen molar-refractivity contribution in [3.8, 4) is 5.75 Å². The summed E-state index contributed by atoms with van der Waals surface area (Å²) in [4.78, 5) is 15.5. The Hall–Kier alpha value is -2.44. The maximum Gasteiger partial charge on any atom is 0.219 e. The largest absolute Gasteiger partial charge is 0.478 e. The van der Waals surface area contributed by atoms with Crippen LogP contribution in [0.1, 0.15) is 18.6 Å². The molecule has 0 saturated carbocycles. The molecule has 2 aromatic rings. The summed E-state index contributed by atoms with van der Waals surface area (Å²) in [5, 5.41) is 8.77. The topological polar surface area (TPSA) is 82.7 Å². The van der Waals surface area contributed by atoms with E-state index in [0.29, 0.717) is 21.4 Å². The molecule has 1 unspecified atom stereocenters. The fourth-order valence-electron chi connectivity index (χ4n) is 3.16. The molecule has 1 aliphatic rings. The van der Waals surface area contributed by atoms with Crippen molar-refractivity contribution in [1.29, 1.82) is 5.41 Å². The number of rotatable bonds is 5. The number of nitrogens with one attached hydrogen (secondary N) is 1. The van der Waals surface area contributed by atoms with E-state index in [1.54, 1.807) is 25.1 Å². The average Bonchev–Trinajstić information content (AvgIpc) is 2.67. The van der Waals surface area contributed by atoms with Gasteiger partial charge in [-0.25, -0.2) is 0 Å². The molecule has 0 radical (unpaired) electrons. The summed E-state index contributed by atoms with van der Waals surface area (Å²) < 4.78 is 5.93. The van der Waals surface area contributed by atoms with E-state index >= 15 is 0 Å². The lowest BCUT2D eigenvalue weighted by atomic mass is 10.1. The Kier molecular flexibility index (Phi) is 6.31. The highest BCUT2D eigenvalue weighted by atomic mass is 35.5. The van der Waals surface area contributed by atoms with E-state index in [-0.39, 0.29) is 11.7 Å². The molecule has 0 spiro atoms. The molecule has 6 nitrogen and oxygen atoms in total. The third-order valence-corrected chi connectivity index (χ3v) is 5.27. The Morgan fingerprint density at radius 2 is 1.75 bits per heavy atom. The van der Waals surface area contributed by atoms with Crippen molar-refractivity contribution < 1.29 is 9.53 Å². The number of anilines is 1. The highest BCUT2D eigenvalue weighted by Crippen LogP contribution is 2.31. The van der Waals surface area contributed by atoms with Crippen molar-refractivity contribution in [3.05, 3.63) is 58.1 Å². The van der Waals surface area contributed by atoms with Gasteiger partial charge in [0.1, 0.15) is 11.6 Å². The van der Waals surface area contributed by atoms with E-state index < -0.39 is 6.10 Å². The number of hydrogen-bond acceptors (Lipinski definition) is 4. The molecule has 28 heavy (non-hydrogen) atoms. The Labute approximate surface area is 174 Å². The van der Waals surface area contributed by atoms with Gasteiger partial charge in [-0.1, -0.05) is 29.3 Å². The van der Waals surface area contributed by atoms with Crippen LogP contribution in [0.3, 0.4) is 0 Å². The highest BCUT2D eigenvalue weighted by Gasteiger charge is 2.21. The van der Waals surface area contributed by atoms with Crippen LogP contribution >= 0.6 is 23.2 Å². The molecule has 0 aromatic heterocycles. The normalized spacial score (nSPS) is 15.2. The summed E-state index contributed by atoms with van der Waals surface area (Å²) in [6.45, 7) is 4.61. The number of piperazine rings is 1. The van der Waals surface area contributed by atoms with E-state index in [1.807, 2.05) is 29.2 Å². The van der Waals surface area contributed by atoms with Crippen molar-refractivity contribution in [2.75, 3.05) is 31.1 Å². The molecule has 1 amide bonds. The first-order chi connectivity index (χ1) is 13.3. The average molecular weight is 421 g/mol. The number of benzene rings is 2. The van der Waals surface area contributed by atoms with Crippen LogP contribution in [0.2, 0.25) is 10.0 Å². The number of hydrogen-bond donors (Lipinski definition) is 2. The zero-order valence-corrected chi connectivity index (χ0v) is 17.0. The van der Waals surface area contributed by atoms with Crippen LogP contribution in [0.5, 0.6) is 5.75 Å². The van der Waals surface area contributed by atoms with Gasteiger partial charge in [-0.15, -0.1) is 0 Å². The number of carbonyl (C=O) groups is 1. The first-order valence-corrected chi connectivity index (χ1v) is 9.67. The van der Waals surface area contributed by atoms with Crippen LogP contribution < -0.4 is 15.4 Å². The molecule has 148 valence electrons. The van der Waals surface area contributed by atoms with E-state index in [9.17, 15) is 4.79 Å². The number of halogens is 2. The number of ether oxygens (including phenoxy) is 1. The van der Waals surface area contributed by atoms with Crippen molar-refractivity contribution in [1.82, 2.24) is 4.90 Å². The molecule has 1 atom stereocenters. The van der Waals surface area contributed by atoms with Crippen LogP contribution in [0.15, 0.2) is 42.5 Å². The predicted octanol–water partition coefficient (Wildman–Crippen LogP) is 3.72. The molecule has 0 aliphatic carbocycles. The SMILES string of the molecule is CC(=O)N1CCN(c2ccc(OC(C(=N)N)c3ccc(Cl)cc3Cl)cc2)CC1. The van der Waals surface area contributed by atoms with Crippen molar-refractivity contribution in [3.63, 3.8) is 0 Å². The molecule has 3 N–H and O–H groups in total. The van der Waals surface area contributed by atoms with Crippen LogP contribution in [0.25, 0.3) is 0 Å². The van der Waals surface area contributed by atoms with Gasteiger partial charge in [0.05, 0.1) is 0 Å². The van der Waals surface area contributed by atoms with E-state index in [4.69, 9.17) is 39.1 Å². The maximum absolute atomic E-state index is 11.5. The van der Waals surface area contributed by atoms with Crippen molar-refractivity contribution in [2.45, 2.75) is 13.0 Å². The summed E-state index contributed by atoms with van der Waals surface area (Å²) in [5.74, 6) is 0.547. The zero-order chi connectivity index (χ0) is 20.3. The molecule has 1 heterocycles. The predicted molar refractivity (Wildman–Crippen MR) is 113 cm³/mol. The van der Waals surface area contributed by atoms with Gasteiger partial charge < -0.3 is 20.3 Å². The summed E-state index contributed by atoms with van der Waals surface area (Å²) in [5.41, 5.74) is 7.38. The second-order valence-electron chi connectivity index (χ2n) is 6.61. The maximum atomic E-state index is 11.5. The molecular formula is C20H22Cl2N4O2. The van der Waals surface area contributed by atoms with Crippen LogP contribution in [0.4, 0.5) is 5.69 Å². The fraction of sp³-hybridized carbons (Fsp3) is 0.300. The minimum absolute atomic E-state index is 0.111. The number of carbonyl (C=O) groups excluding carboxylic acids is 1. The highest BCUT2D eigenvalue weighted by molar-refractivity contribution is 6.35. The second-order valence-corrected chi connectivity index (χ2v) is 7.45. The number of amidine groups is 1. The Morgan fingerprint density at radius 3 is 2.29 bits per heavy atom. The van der Waals surface area contributed by atoms with Gasteiger partial charge in [-0.2, -0.15) is 0 Å². The lowest BCUT2D eigenvalue weighted by Gasteiger charge is -2.35. The molecule has 0 bridgehead atoms. The second kappa shape index (κ2) is 8.71. The summed E-state index contributed by atoms with van der Waals surface area (Å²) in [7, 11) is 0. The smallest absolute Gasteiger partial charge is 0.219 e. The molecular weight excluding hydrogens is 399 g/mol. The molecule has 8 heteroatoms. The Bertz CT molecular complexity index is 865. The van der Waals surface area contributed by atoms with Crippen LogP contribution in [0, 0.1) is 5.41 Å². The molecule has 1 fully saturated rings. The standard InChI is InChI=1S/C20H22Cl2N4O2/c1-13(27)25-8-10-26(11-9-25)15-3-5-16(6-4-15)28-19(20(23)24)17-7-2-14(21)12-18(17)22/h2-7,12,19H,8-11H2,1H3,(H3,23,24). The third-order valence-electron chi connectivity index (χ3n) is 4.71. The summed E-state index contributed by atoms with van der Waals surface area (Å²) in [6, 6.07) is 12.6. The minimum Gasteiger partial charge on any atom is -0.478 e. The van der Waals surface area contributed by atoms with Crippen molar-refractivity contribution >= 4 is 40.6 Å². The number of nitrogens with two attached hydrogens (primary N) is 1. The first kappa shape index (κ1) is 20.3. The fourth-order valence-corrected chi connectivity index (χ4v) is 3.67. The molecule has 1 saturated heterocycles. The van der Waals surface area contributed by atoms with Crippen LogP contribution in [-0.4, -0.2) is 42.8 Å². The monoisotopic (exact) mass is 420 g/mol. The van der Waals surface area contributed by atoms with E-state index in [2.05, 4.69) is 4.90 Å². The van der Waals surface area contributed by atoms with Gasteiger partial charge in [-0.05, 0) is 36.4 Å². The van der Waals surface area contributed by atoms with Gasteiger partial charge in [0.25, 0.3) is 0 Å². The molecule has 3 rings (SSSR count). The summed E-state index contributed by atoms with van der Waals surface area (Å²) >= 11 is 12.2. The first-order valence-electron chi connectivity index (χ1n) is 8.91. The lowest BCUT2D eigenvalue weighted by Crippen LogP contribution is -2.48. The molecule has 2 aromatic carbocycles. The Balaban J connectivity index is 1.70. The van der Waals surface area contributed by atoms with Gasteiger partial charge in [-0.3, -0.25) is 10.2 Å². The molecule has 1 aliphatic heterocycles. The summed E-state index contributed by atoms with van der Waals surface area (Å²) in [6.07, 6.45) is -0.797. The minimum atomic E-state index is -0.797. The Morgan fingerprint density at radius 1 is 1.11 bits per heavy atom. The van der Waals surface area contributed by atoms with E-state index in [1.165, 1.54) is 0 Å². The van der Waals surface area contributed by atoms with Crippen LogP contribution in [-0.2, 0) is 4.79 Å². The zero-order valence-electron chi connectivity index (χ0n) is 15.5. The third kappa shape index (κ3) is 4.69. The van der Waals surface area contributed by atoms with Gasteiger partial charge in [0, 0.05) is 54.4 Å². The lowest BCUT2D eigenvalue weighted by molar-refractivity contribution is -0.129. The van der Waals surface area contributed by atoms with Gasteiger partial charge >= 0.3 is 0 Å². The quantitative estimate of drug-likeness (QED) is 0.570. The van der Waals surface area contributed by atoms with E-state index in [0.717, 1.165) is 31.9 Å². The number of nitrogens with zero attached hydrogens (tertiary/aromatic N) is 2.